The summed E-state index contributed by atoms with van der Waals surface area (Å²) in [7, 11) is 0. The van der Waals surface area contributed by atoms with E-state index in [0.717, 1.165) is 5.56 Å². The second-order valence-electron chi connectivity index (χ2n) is 4.89. The highest BCUT2D eigenvalue weighted by Crippen LogP contribution is 2.18. The molecule has 1 heterocycles. The summed E-state index contributed by atoms with van der Waals surface area (Å²) < 4.78 is 0. The number of anilines is 1. The Balaban J connectivity index is 1.68. The molecule has 3 rings (SSSR count). The fourth-order valence-electron chi connectivity index (χ4n) is 2.05. The number of hydrogen-bond donors (Lipinski definition) is 1. The minimum absolute atomic E-state index is 0.0929. The predicted molar refractivity (Wildman–Crippen MR) is 88.0 cm³/mol. The first-order valence-corrected chi connectivity index (χ1v) is 7.35. The maximum atomic E-state index is 12.0. The number of nitrogens with zero attached hydrogens (tertiary/aromatic N) is 5. The van der Waals surface area contributed by atoms with Crippen LogP contribution in [0.25, 0.3) is 11.4 Å². The van der Waals surface area contributed by atoms with Crippen molar-refractivity contribution in [3.63, 3.8) is 0 Å². The summed E-state index contributed by atoms with van der Waals surface area (Å²) >= 11 is 5.93. The molecule has 0 bridgehead atoms. The SMILES string of the molecule is N#Cc1cccc(NC(=O)Cn2nnc(-c3cccc(Cl)c3)n2)c1. The van der Waals surface area contributed by atoms with Crippen LogP contribution in [-0.2, 0) is 11.3 Å². The lowest BCUT2D eigenvalue weighted by atomic mass is 10.2. The van der Waals surface area contributed by atoms with Crippen LogP contribution in [0, 0.1) is 11.3 Å². The van der Waals surface area contributed by atoms with Crippen LogP contribution in [0.1, 0.15) is 5.56 Å². The third-order valence-corrected chi connectivity index (χ3v) is 3.33. The van der Waals surface area contributed by atoms with Gasteiger partial charge in [-0.05, 0) is 35.5 Å². The zero-order valence-electron chi connectivity index (χ0n) is 12.3. The number of carbonyl (C=O) groups excluding carboxylic acids is 1. The van der Waals surface area contributed by atoms with Crippen LogP contribution in [0.4, 0.5) is 5.69 Å². The molecule has 8 heteroatoms. The van der Waals surface area contributed by atoms with E-state index >= 15 is 0 Å². The molecule has 0 saturated heterocycles. The summed E-state index contributed by atoms with van der Waals surface area (Å²) in [6.45, 7) is -0.0929. The highest BCUT2D eigenvalue weighted by Gasteiger charge is 2.10. The van der Waals surface area contributed by atoms with Crippen molar-refractivity contribution < 1.29 is 4.79 Å². The molecule has 0 fully saturated rings. The molecule has 0 aliphatic heterocycles. The molecule has 24 heavy (non-hydrogen) atoms. The molecular formula is C16H11ClN6O. The second-order valence-corrected chi connectivity index (χ2v) is 5.33. The number of hydrogen-bond acceptors (Lipinski definition) is 5. The molecule has 118 valence electrons. The van der Waals surface area contributed by atoms with Gasteiger partial charge in [-0.25, -0.2) is 0 Å². The Morgan fingerprint density at radius 2 is 2.08 bits per heavy atom. The largest absolute Gasteiger partial charge is 0.324 e. The van der Waals surface area contributed by atoms with Gasteiger partial charge in [0.2, 0.25) is 11.7 Å². The van der Waals surface area contributed by atoms with E-state index in [9.17, 15) is 4.79 Å². The Morgan fingerprint density at radius 1 is 1.25 bits per heavy atom. The standard InChI is InChI=1S/C16H11ClN6O/c17-13-5-2-4-12(8-13)16-20-22-23(21-16)10-15(24)19-14-6-1-3-11(7-14)9-18/h1-8H,10H2,(H,19,24). The minimum Gasteiger partial charge on any atom is -0.324 e. The van der Waals surface area contributed by atoms with Gasteiger partial charge in [0.1, 0.15) is 6.54 Å². The maximum absolute atomic E-state index is 12.0. The summed E-state index contributed by atoms with van der Waals surface area (Å²) in [4.78, 5) is 13.2. The third-order valence-electron chi connectivity index (χ3n) is 3.10. The van der Waals surface area contributed by atoms with E-state index in [-0.39, 0.29) is 12.5 Å². The molecular weight excluding hydrogens is 328 g/mol. The van der Waals surface area contributed by atoms with Crippen LogP contribution in [0.3, 0.4) is 0 Å². The minimum atomic E-state index is -0.319. The van der Waals surface area contributed by atoms with Crippen molar-refractivity contribution in [1.29, 1.82) is 5.26 Å². The average molecular weight is 339 g/mol. The lowest BCUT2D eigenvalue weighted by Crippen LogP contribution is -2.20. The van der Waals surface area contributed by atoms with Crippen molar-refractivity contribution >= 4 is 23.2 Å². The fraction of sp³-hybridized carbons (Fsp3) is 0.0625. The quantitative estimate of drug-likeness (QED) is 0.788. The lowest BCUT2D eigenvalue weighted by molar-refractivity contribution is -0.117. The van der Waals surface area contributed by atoms with E-state index in [1.54, 1.807) is 48.5 Å². The maximum Gasteiger partial charge on any atom is 0.248 e. The number of benzene rings is 2. The van der Waals surface area contributed by atoms with Gasteiger partial charge in [0.05, 0.1) is 11.6 Å². The summed E-state index contributed by atoms with van der Waals surface area (Å²) in [5.41, 5.74) is 1.72. The van der Waals surface area contributed by atoms with Gasteiger partial charge in [-0.2, -0.15) is 10.1 Å². The highest BCUT2D eigenvalue weighted by molar-refractivity contribution is 6.30. The third kappa shape index (κ3) is 3.74. The number of rotatable bonds is 4. The summed E-state index contributed by atoms with van der Waals surface area (Å²) in [5.74, 6) is 0.0666. The normalized spacial score (nSPS) is 10.2. The smallest absolute Gasteiger partial charge is 0.248 e. The van der Waals surface area contributed by atoms with Crippen LogP contribution in [-0.4, -0.2) is 26.1 Å². The summed E-state index contributed by atoms with van der Waals surface area (Å²) in [5, 5.41) is 24.0. The van der Waals surface area contributed by atoms with Gasteiger partial charge in [0, 0.05) is 16.3 Å². The molecule has 0 aliphatic carbocycles. The van der Waals surface area contributed by atoms with Gasteiger partial charge in [0.25, 0.3) is 0 Å². The molecule has 1 aromatic heterocycles. The molecule has 0 unspecified atom stereocenters. The lowest BCUT2D eigenvalue weighted by Gasteiger charge is -2.04. The van der Waals surface area contributed by atoms with Crippen molar-refractivity contribution in [3.05, 3.63) is 59.1 Å². The molecule has 7 nitrogen and oxygen atoms in total. The number of tetrazole rings is 1. The van der Waals surface area contributed by atoms with E-state index in [0.29, 0.717) is 22.1 Å². The van der Waals surface area contributed by atoms with E-state index in [2.05, 4.69) is 20.7 Å². The summed E-state index contributed by atoms with van der Waals surface area (Å²) in [6.07, 6.45) is 0. The zero-order valence-corrected chi connectivity index (χ0v) is 13.1. The first-order valence-electron chi connectivity index (χ1n) is 6.98. The van der Waals surface area contributed by atoms with Gasteiger partial charge < -0.3 is 5.32 Å². The van der Waals surface area contributed by atoms with Gasteiger partial charge in [0.15, 0.2) is 0 Å². The predicted octanol–water partition coefficient (Wildman–Crippen LogP) is 2.50. The number of nitrogens with one attached hydrogen (secondary N) is 1. The Bertz CT molecular complexity index is 930. The average Bonchev–Trinajstić information content (AvgIpc) is 3.03. The van der Waals surface area contributed by atoms with Crippen molar-refractivity contribution in [2.24, 2.45) is 0 Å². The molecule has 0 spiro atoms. The monoisotopic (exact) mass is 338 g/mol. The zero-order chi connectivity index (χ0) is 16.9. The Hall–Kier alpha value is -3.24. The molecule has 0 saturated carbocycles. The van der Waals surface area contributed by atoms with Gasteiger partial charge in [-0.3, -0.25) is 4.79 Å². The molecule has 2 aromatic carbocycles. The molecule has 0 radical (unpaired) electrons. The molecule has 0 atom stereocenters. The molecule has 1 amide bonds. The van der Waals surface area contributed by atoms with Gasteiger partial charge >= 0.3 is 0 Å². The number of carbonyl (C=O) groups is 1. The second kappa shape index (κ2) is 6.89. The Kier molecular flexibility index (Phi) is 4.50. The number of nitriles is 1. The highest BCUT2D eigenvalue weighted by atomic mass is 35.5. The van der Waals surface area contributed by atoms with E-state index in [1.165, 1.54) is 4.80 Å². The molecule has 0 aliphatic rings. The topological polar surface area (TPSA) is 96.5 Å². The van der Waals surface area contributed by atoms with Gasteiger partial charge in [-0.1, -0.05) is 29.8 Å². The fourth-order valence-corrected chi connectivity index (χ4v) is 2.24. The van der Waals surface area contributed by atoms with Crippen molar-refractivity contribution in [3.8, 4) is 17.5 Å². The van der Waals surface area contributed by atoms with Crippen LogP contribution in [0.15, 0.2) is 48.5 Å². The first-order chi connectivity index (χ1) is 11.6. The van der Waals surface area contributed by atoms with Crippen molar-refractivity contribution in [2.75, 3.05) is 5.32 Å². The van der Waals surface area contributed by atoms with E-state index in [1.807, 2.05) is 6.07 Å². The Labute approximate surface area is 142 Å². The summed E-state index contributed by atoms with van der Waals surface area (Å²) in [6, 6.07) is 15.7. The van der Waals surface area contributed by atoms with Crippen LogP contribution in [0.5, 0.6) is 0 Å². The van der Waals surface area contributed by atoms with Gasteiger partial charge in [-0.15, -0.1) is 10.2 Å². The van der Waals surface area contributed by atoms with Crippen LogP contribution in [0.2, 0.25) is 5.02 Å². The van der Waals surface area contributed by atoms with E-state index < -0.39 is 0 Å². The van der Waals surface area contributed by atoms with Crippen LogP contribution < -0.4 is 5.32 Å². The number of halogens is 1. The van der Waals surface area contributed by atoms with Crippen molar-refractivity contribution in [2.45, 2.75) is 6.54 Å². The Morgan fingerprint density at radius 3 is 2.88 bits per heavy atom. The number of aromatic nitrogens is 4. The van der Waals surface area contributed by atoms with Crippen LogP contribution >= 0.6 is 11.6 Å². The molecule has 1 N–H and O–H groups in total. The van der Waals surface area contributed by atoms with Crippen molar-refractivity contribution in [1.82, 2.24) is 20.2 Å². The number of amides is 1. The van der Waals surface area contributed by atoms with E-state index in [4.69, 9.17) is 16.9 Å². The molecule has 3 aromatic rings. The first kappa shape index (κ1) is 15.6.